The van der Waals surface area contributed by atoms with Crippen LogP contribution in [0.5, 0.6) is 0 Å². The number of nitrogens with zero attached hydrogens (tertiary/aromatic N) is 2. The molecule has 1 atom stereocenters. The van der Waals surface area contributed by atoms with Crippen molar-refractivity contribution >= 4 is 5.91 Å². The zero-order valence-corrected chi connectivity index (χ0v) is 16.5. The number of amides is 1. The number of hydrogen-bond acceptors (Lipinski definition) is 3. The van der Waals surface area contributed by atoms with Gasteiger partial charge in [0.1, 0.15) is 0 Å². The third kappa shape index (κ3) is 4.07. The first kappa shape index (κ1) is 18.9. The summed E-state index contributed by atoms with van der Waals surface area (Å²) >= 11 is 0. The van der Waals surface area contributed by atoms with Crippen molar-refractivity contribution in [3.63, 3.8) is 0 Å². The number of piperazine rings is 1. The quantitative estimate of drug-likeness (QED) is 0.836. The number of rotatable bonds is 6. The van der Waals surface area contributed by atoms with Crippen LogP contribution in [0, 0.1) is 5.92 Å². The Morgan fingerprint density at radius 1 is 1.07 bits per heavy atom. The average Bonchev–Trinajstić information content (AvgIpc) is 3.54. The molecule has 0 bridgehead atoms. The molecule has 1 N–H and O–H groups in total. The van der Waals surface area contributed by atoms with Crippen LogP contribution < -0.4 is 0 Å². The van der Waals surface area contributed by atoms with Gasteiger partial charge >= 0.3 is 0 Å². The van der Waals surface area contributed by atoms with E-state index in [2.05, 4.69) is 34.1 Å². The van der Waals surface area contributed by atoms with Crippen LogP contribution in [0.1, 0.15) is 56.9 Å². The van der Waals surface area contributed by atoms with Crippen LogP contribution in [0.15, 0.2) is 30.3 Å². The molecule has 1 heterocycles. The molecule has 1 aromatic carbocycles. The summed E-state index contributed by atoms with van der Waals surface area (Å²) in [5, 5.41) is 9.56. The third-order valence-electron chi connectivity index (χ3n) is 6.99. The van der Waals surface area contributed by atoms with Gasteiger partial charge in [0.2, 0.25) is 5.91 Å². The predicted octanol–water partition coefficient (Wildman–Crippen LogP) is 3.19. The molecule has 4 rings (SSSR count). The highest BCUT2D eigenvalue weighted by atomic mass is 16.3. The Morgan fingerprint density at radius 2 is 1.81 bits per heavy atom. The molecule has 0 radical (unpaired) electrons. The van der Waals surface area contributed by atoms with E-state index in [9.17, 15) is 9.90 Å². The van der Waals surface area contributed by atoms with Crippen LogP contribution in [-0.2, 0) is 10.2 Å². The topological polar surface area (TPSA) is 43.8 Å². The number of carbonyl (C=O) groups excluding carboxylic acids is 1. The molecule has 0 aromatic heterocycles. The maximum atomic E-state index is 13.8. The van der Waals surface area contributed by atoms with Gasteiger partial charge in [-0.25, -0.2) is 0 Å². The molecule has 0 spiro atoms. The second-order valence-electron chi connectivity index (χ2n) is 8.86. The lowest BCUT2D eigenvalue weighted by molar-refractivity contribution is -0.142. The highest BCUT2D eigenvalue weighted by molar-refractivity contribution is 5.88. The SMILES string of the molecule is O=C(N1CCN(CC2CC2)[C@H](CCO)C1)C1(c2ccccc2)CCCCC1. The maximum Gasteiger partial charge on any atom is 0.233 e. The number of aliphatic hydroxyl groups excluding tert-OH is 1. The summed E-state index contributed by atoms with van der Waals surface area (Å²) in [5.74, 6) is 1.19. The van der Waals surface area contributed by atoms with Gasteiger partial charge in [0, 0.05) is 38.8 Å². The van der Waals surface area contributed by atoms with E-state index in [4.69, 9.17) is 0 Å². The van der Waals surface area contributed by atoms with E-state index >= 15 is 0 Å². The lowest BCUT2D eigenvalue weighted by Gasteiger charge is -2.46. The van der Waals surface area contributed by atoms with Gasteiger partial charge in [0.15, 0.2) is 0 Å². The molecule has 1 aliphatic heterocycles. The Hall–Kier alpha value is -1.39. The highest BCUT2D eigenvalue weighted by Gasteiger charge is 2.45. The monoisotopic (exact) mass is 370 g/mol. The fourth-order valence-electron chi connectivity index (χ4n) is 5.21. The molecule has 2 saturated carbocycles. The molecule has 1 aromatic rings. The van der Waals surface area contributed by atoms with Gasteiger partial charge in [0.25, 0.3) is 0 Å². The molecule has 4 nitrogen and oxygen atoms in total. The summed E-state index contributed by atoms with van der Waals surface area (Å²) in [6, 6.07) is 10.8. The van der Waals surface area contributed by atoms with E-state index in [1.165, 1.54) is 24.8 Å². The number of benzene rings is 1. The Bertz CT molecular complexity index is 623. The lowest BCUT2D eigenvalue weighted by atomic mass is 9.68. The largest absolute Gasteiger partial charge is 0.396 e. The number of carbonyl (C=O) groups is 1. The van der Waals surface area contributed by atoms with E-state index in [0.29, 0.717) is 11.9 Å². The van der Waals surface area contributed by atoms with Gasteiger partial charge in [0.05, 0.1) is 5.41 Å². The van der Waals surface area contributed by atoms with E-state index in [1.54, 1.807) is 0 Å². The summed E-state index contributed by atoms with van der Waals surface area (Å²) in [4.78, 5) is 18.5. The Labute approximate surface area is 163 Å². The van der Waals surface area contributed by atoms with Gasteiger partial charge in [-0.2, -0.15) is 0 Å². The van der Waals surface area contributed by atoms with Crippen LogP contribution in [-0.4, -0.2) is 59.6 Å². The molecule has 3 fully saturated rings. The Balaban J connectivity index is 1.52. The highest BCUT2D eigenvalue weighted by Crippen LogP contribution is 2.41. The predicted molar refractivity (Wildman–Crippen MR) is 108 cm³/mol. The van der Waals surface area contributed by atoms with Crippen LogP contribution >= 0.6 is 0 Å². The first-order chi connectivity index (χ1) is 13.2. The zero-order valence-electron chi connectivity index (χ0n) is 16.5. The fourth-order valence-corrected chi connectivity index (χ4v) is 5.21. The van der Waals surface area contributed by atoms with Gasteiger partial charge < -0.3 is 10.0 Å². The molecule has 3 aliphatic rings. The van der Waals surface area contributed by atoms with Crippen molar-refractivity contribution in [3.8, 4) is 0 Å². The zero-order chi connectivity index (χ0) is 18.7. The van der Waals surface area contributed by atoms with Crippen LogP contribution in [0.3, 0.4) is 0 Å². The van der Waals surface area contributed by atoms with Crippen LogP contribution in [0.4, 0.5) is 0 Å². The van der Waals surface area contributed by atoms with Crippen molar-refractivity contribution in [3.05, 3.63) is 35.9 Å². The third-order valence-corrected chi connectivity index (χ3v) is 6.99. The Kier molecular flexibility index (Phi) is 5.84. The van der Waals surface area contributed by atoms with Crippen molar-refractivity contribution in [2.75, 3.05) is 32.8 Å². The number of aliphatic hydroxyl groups is 1. The minimum atomic E-state index is -0.331. The molecule has 148 valence electrons. The molecule has 1 saturated heterocycles. The summed E-state index contributed by atoms with van der Waals surface area (Å²) in [6.45, 7) is 3.93. The van der Waals surface area contributed by atoms with E-state index in [1.807, 2.05) is 6.07 Å². The lowest BCUT2D eigenvalue weighted by Crippen LogP contribution is -2.59. The average molecular weight is 371 g/mol. The van der Waals surface area contributed by atoms with Crippen molar-refractivity contribution in [2.45, 2.75) is 62.8 Å². The molecular formula is C23H34N2O2. The molecule has 2 aliphatic carbocycles. The van der Waals surface area contributed by atoms with E-state index in [0.717, 1.165) is 64.2 Å². The summed E-state index contributed by atoms with van der Waals surface area (Å²) < 4.78 is 0. The fraction of sp³-hybridized carbons (Fsp3) is 0.696. The molecule has 1 amide bonds. The smallest absolute Gasteiger partial charge is 0.233 e. The van der Waals surface area contributed by atoms with Crippen molar-refractivity contribution in [1.29, 1.82) is 0 Å². The molecule has 27 heavy (non-hydrogen) atoms. The molecule has 4 heteroatoms. The first-order valence-electron chi connectivity index (χ1n) is 10.9. The maximum absolute atomic E-state index is 13.8. The normalized spacial score (nSPS) is 26.1. The van der Waals surface area contributed by atoms with E-state index in [-0.39, 0.29) is 12.0 Å². The van der Waals surface area contributed by atoms with Crippen molar-refractivity contribution < 1.29 is 9.90 Å². The summed E-state index contributed by atoms with van der Waals surface area (Å²) in [7, 11) is 0. The summed E-state index contributed by atoms with van der Waals surface area (Å²) in [5.41, 5.74) is 0.871. The minimum Gasteiger partial charge on any atom is -0.396 e. The van der Waals surface area contributed by atoms with Gasteiger partial charge in [-0.1, -0.05) is 49.6 Å². The Morgan fingerprint density at radius 3 is 2.48 bits per heavy atom. The number of hydrogen-bond donors (Lipinski definition) is 1. The van der Waals surface area contributed by atoms with Gasteiger partial charge in [-0.3, -0.25) is 9.69 Å². The van der Waals surface area contributed by atoms with Gasteiger partial charge in [-0.15, -0.1) is 0 Å². The first-order valence-corrected chi connectivity index (χ1v) is 10.9. The molecule has 0 unspecified atom stereocenters. The second kappa shape index (κ2) is 8.32. The van der Waals surface area contributed by atoms with E-state index < -0.39 is 0 Å². The van der Waals surface area contributed by atoms with Crippen LogP contribution in [0.2, 0.25) is 0 Å². The van der Waals surface area contributed by atoms with Crippen molar-refractivity contribution in [1.82, 2.24) is 9.80 Å². The second-order valence-corrected chi connectivity index (χ2v) is 8.86. The summed E-state index contributed by atoms with van der Waals surface area (Å²) in [6.07, 6.45) is 8.94. The van der Waals surface area contributed by atoms with Crippen LogP contribution in [0.25, 0.3) is 0 Å². The van der Waals surface area contributed by atoms with Crippen molar-refractivity contribution in [2.24, 2.45) is 5.92 Å². The van der Waals surface area contributed by atoms with Gasteiger partial charge in [-0.05, 0) is 43.6 Å². The standard InChI is InChI=1S/C23H34N2O2/c26-16-11-21-18-25(15-14-24(21)17-19-9-10-19)22(27)23(12-5-2-6-13-23)20-7-3-1-4-8-20/h1,3-4,7-8,19,21,26H,2,5-6,9-18H2/t21-/m1/s1. The molecular weight excluding hydrogens is 336 g/mol. The minimum absolute atomic E-state index is 0.206.